The molecule has 1 amide bonds. The van der Waals surface area contributed by atoms with E-state index in [1.165, 1.54) is 12.4 Å². The number of carbonyl (C=O) groups is 1. The number of aryl methyl sites for hydroxylation is 1. The van der Waals surface area contributed by atoms with Crippen molar-refractivity contribution in [2.75, 3.05) is 5.32 Å². The Morgan fingerprint density at radius 1 is 1.24 bits per heavy atom. The van der Waals surface area contributed by atoms with Crippen molar-refractivity contribution >= 4 is 40.4 Å². The SMILES string of the molecule is Cc1cn2cc(NC(=O)c3cnc(Cl)cn3)cc(Cl)c2n1. The first-order valence-electron chi connectivity index (χ1n) is 5.96. The van der Waals surface area contributed by atoms with Crippen molar-refractivity contribution in [2.24, 2.45) is 0 Å². The number of carbonyl (C=O) groups excluding carboxylic acids is 1. The van der Waals surface area contributed by atoms with Gasteiger partial charge >= 0.3 is 0 Å². The zero-order valence-corrected chi connectivity index (χ0v) is 12.4. The second-order valence-corrected chi connectivity index (χ2v) is 5.16. The highest BCUT2D eigenvalue weighted by Gasteiger charge is 2.11. The zero-order chi connectivity index (χ0) is 15.0. The molecule has 0 aliphatic carbocycles. The van der Waals surface area contributed by atoms with Gasteiger partial charge < -0.3 is 9.72 Å². The minimum atomic E-state index is -0.397. The van der Waals surface area contributed by atoms with Crippen LogP contribution >= 0.6 is 23.2 Å². The van der Waals surface area contributed by atoms with Gasteiger partial charge in [-0.2, -0.15) is 0 Å². The summed E-state index contributed by atoms with van der Waals surface area (Å²) in [6.07, 6.45) is 6.16. The van der Waals surface area contributed by atoms with Crippen molar-refractivity contribution in [1.82, 2.24) is 19.4 Å². The van der Waals surface area contributed by atoms with Gasteiger partial charge in [0.25, 0.3) is 5.91 Å². The van der Waals surface area contributed by atoms with Gasteiger partial charge in [-0.1, -0.05) is 23.2 Å². The molecule has 1 N–H and O–H groups in total. The molecule has 8 heteroatoms. The number of hydrogen-bond acceptors (Lipinski definition) is 4. The van der Waals surface area contributed by atoms with Crippen molar-refractivity contribution in [2.45, 2.75) is 6.92 Å². The summed E-state index contributed by atoms with van der Waals surface area (Å²) in [6, 6.07) is 1.63. The number of rotatable bonds is 2. The van der Waals surface area contributed by atoms with Gasteiger partial charge in [0.05, 0.1) is 28.8 Å². The fourth-order valence-electron chi connectivity index (χ4n) is 1.87. The van der Waals surface area contributed by atoms with Crippen LogP contribution in [0, 0.1) is 6.92 Å². The molecule has 0 aliphatic rings. The predicted molar refractivity (Wildman–Crippen MR) is 79.9 cm³/mol. The topological polar surface area (TPSA) is 72.2 Å². The lowest BCUT2D eigenvalue weighted by atomic mass is 10.3. The lowest BCUT2D eigenvalue weighted by molar-refractivity contribution is 0.102. The van der Waals surface area contributed by atoms with E-state index in [0.717, 1.165) is 5.69 Å². The van der Waals surface area contributed by atoms with E-state index >= 15 is 0 Å². The van der Waals surface area contributed by atoms with Gasteiger partial charge in [0, 0.05) is 12.4 Å². The maximum atomic E-state index is 12.1. The van der Waals surface area contributed by atoms with Gasteiger partial charge in [0.1, 0.15) is 10.8 Å². The molecule has 0 spiro atoms. The van der Waals surface area contributed by atoms with Crippen molar-refractivity contribution in [3.05, 3.63) is 52.4 Å². The van der Waals surface area contributed by atoms with Gasteiger partial charge in [0.2, 0.25) is 0 Å². The Morgan fingerprint density at radius 3 is 2.76 bits per heavy atom. The second-order valence-electron chi connectivity index (χ2n) is 4.37. The number of amides is 1. The summed E-state index contributed by atoms with van der Waals surface area (Å²) < 4.78 is 1.75. The van der Waals surface area contributed by atoms with Crippen LogP contribution in [0.4, 0.5) is 5.69 Å². The summed E-state index contributed by atoms with van der Waals surface area (Å²) in [5.41, 5.74) is 2.17. The molecule has 0 saturated heterocycles. The van der Waals surface area contributed by atoms with Crippen LogP contribution in [0.25, 0.3) is 5.65 Å². The van der Waals surface area contributed by atoms with Crippen molar-refractivity contribution < 1.29 is 4.79 Å². The summed E-state index contributed by atoms with van der Waals surface area (Å²) in [6.45, 7) is 1.87. The number of imidazole rings is 1. The van der Waals surface area contributed by atoms with Gasteiger partial charge in [-0.25, -0.2) is 15.0 Å². The number of hydrogen-bond donors (Lipinski definition) is 1. The monoisotopic (exact) mass is 321 g/mol. The predicted octanol–water partition coefficient (Wildman–Crippen LogP) is 2.99. The third kappa shape index (κ3) is 2.81. The first-order chi connectivity index (χ1) is 10.0. The number of fused-ring (bicyclic) bond motifs is 1. The van der Waals surface area contributed by atoms with E-state index in [1.54, 1.807) is 16.7 Å². The maximum Gasteiger partial charge on any atom is 0.275 e. The normalized spacial score (nSPS) is 10.8. The van der Waals surface area contributed by atoms with Gasteiger partial charge in [-0.05, 0) is 13.0 Å². The highest BCUT2D eigenvalue weighted by molar-refractivity contribution is 6.33. The molecular weight excluding hydrogens is 313 g/mol. The molecule has 0 aromatic carbocycles. The molecule has 0 unspecified atom stereocenters. The summed E-state index contributed by atoms with van der Waals surface area (Å²) in [7, 11) is 0. The Hall–Kier alpha value is -2.18. The van der Waals surface area contributed by atoms with Crippen molar-refractivity contribution in [3.63, 3.8) is 0 Å². The van der Waals surface area contributed by atoms with Crippen LogP contribution in [-0.4, -0.2) is 25.3 Å². The van der Waals surface area contributed by atoms with E-state index in [0.29, 0.717) is 16.4 Å². The number of halogens is 2. The van der Waals surface area contributed by atoms with Gasteiger partial charge in [0.15, 0.2) is 5.65 Å². The molecule has 3 rings (SSSR count). The lowest BCUT2D eigenvalue weighted by Crippen LogP contribution is -2.14. The van der Waals surface area contributed by atoms with Crippen LogP contribution in [0.5, 0.6) is 0 Å². The molecule has 21 heavy (non-hydrogen) atoms. The highest BCUT2D eigenvalue weighted by atomic mass is 35.5. The molecule has 0 radical (unpaired) electrons. The van der Waals surface area contributed by atoms with Gasteiger partial charge in [-0.15, -0.1) is 0 Å². The second kappa shape index (κ2) is 5.31. The molecule has 0 bridgehead atoms. The number of nitrogens with zero attached hydrogens (tertiary/aromatic N) is 4. The Balaban J connectivity index is 1.90. The van der Waals surface area contributed by atoms with E-state index in [1.807, 2.05) is 13.1 Å². The van der Waals surface area contributed by atoms with Crippen LogP contribution in [0.1, 0.15) is 16.2 Å². The Kier molecular flexibility index (Phi) is 3.48. The van der Waals surface area contributed by atoms with Crippen LogP contribution in [0.15, 0.2) is 30.9 Å². The Bertz CT molecular complexity index is 828. The summed E-state index contributed by atoms with van der Waals surface area (Å²) in [4.78, 5) is 24.1. The van der Waals surface area contributed by atoms with E-state index in [-0.39, 0.29) is 10.8 Å². The van der Waals surface area contributed by atoms with Crippen molar-refractivity contribution in [3.8, 4) is 0 Å². The first kappa shape index (κ1) is 13.8. The van der Waals surface area contributed by atoms with Crippen LogP contribution in [0.3, 0.4) is 0 Å². The molecule has 0 atom stereocenters. The Labute approximate surface area is 129 Å². The standard InChI is InChI=1S/C13H9Cl2N5O/c1-7-5-20-6-8(2-9(14)12(20)18-7)19-13(21)10-3-17-11(15)4-16-10/h2-6H,1H3,(H,19,21). The van der Waals surface area contributed by atoms with E-state index in [9.17, 15) is 4.79 Å². The maximum absolute atomic E-state index is 12.1. The molecular formula is C13H9Cl2N5O. The highest BCUT2D eigenvalue weighted by Crippen LogP contribution is 2.22. The largest absolute Gasteiger partial charge is 0.319 e. The molecule has 6 nitrogen and oxygen atoms in total. The third-order valence-electron chi connectivity index (χ3n) is 2.74. The molecule has 106 valence electrons. The first-order valence-corrected chi connectivity index (χ1v) is 6.72. The molecule has 0 fully saturated rings. The number of nitrogens with one attached hydrogen (secondary N) is 1. The van der Waals surface area contributed by atoms with E-state index < -0.39 is 5.91 Å². The zero-order valence-electron chi connectivity index (χ0n) is 10.8. The smallest absolute Gasteiger partial charge is 0.275 e. The number of anilines is 1. The van der Waals surface area contributed by atoms with Crippen molar-refractivity contribution in [1.29, 1.82) is 0 Å². The molecule has 3 aromatic rings. The summed E-state index contributed by atoms with van der Waals surface area (Å²) in [5.74, 6) is -0.397. The van der Waals surface area contributed by atoms with E-state index in [4.69, 9.17) is 23.2 Å². The molecule has 0 aliphatic heterocycles. The average molecular weight is 322 g/mol. The minimum Gasteiger partial charge on any atom is -0.319 e. The number of pyridine rings is 1. The average Bonchev–Trinajstić information content (AvgIpc) is 2.80. The number of aromatic nitrogens is 4. The quantitative estimate of drug-likeness (QED) is 0.787. The molecule has 0 saturated carbocycles. The molecule has 3 aromatic heterocycles. The summed E-state index contributed by atoms with van der Waals surface area (Å²) in [5, 5.41) is 3.38. The molecule has 3 heterocycles. The summed E-state index contributed by atoms with van der Waals surface area (Å²) >= 11 is 11.8. The van der Waals surface area contributed by atoms with E-state index in [2.05, 4.69) is 20.3 Å². The lowest BCUT2D eigenvalue weighted by Gasteiger charge is -2.06. The fraction of sp³-hybridized carbons (Fsp3) is 0.0769. The van der Waals surface area contributed by atoms with Crippen LogP contribution < -0.4 is 5.32 Å². The minimum absolute atomic E-state index is 0.164. The fourth-order valence-corrected chi connectivity index (χ4v) is 2.23. The Morgan fingerprint density at radius 2 is 2.05 bits per heavy atom. The van der Waals surface area contributed by atoms with Crippen LogP contribution in [-0.2, 0) is 0 Å². The van der Waals surface area contributed by atoms with Crippen LogP contribution in [0.2, 0.25) is 10.2 Å². The van der Waals surface area contributed by atoms with Gasteiger partial charge in [-0.3, -0.25) is 4.79 Å². The third-order valence-corrected chi connectivity index (χ3v) is 3.21.